The second-order valence-electron chi connectivity index (χ2n) is 4.40. The zero-order valence-corrected chi connectivity index (χ0v) is 13.2. The summed E-state index contributed by atoms with van der Waals surface area (Å²) < 4.78 is 24.7. The Morgan fingerprint density at radius 2 is 1.90 bits per heavy atom. The van der Waals surface area contributed by atoms with Crippen LogP contribution in [-0.2, 0) is 6.42 Å². The summed E-state index contributed by atoms with van der Waals surface area (Å²) in [5.74, 6) is 0.348. The summed E-state index contributed by atoms with van der Waals surface area (Å²) in [5.41, 5.74) is 0.715. The van der Waals surface area contributed by atoms with E-state index >= 15 is 0 Å². The van der Waals surface area contributed by atoms with Gasteiger partial charge in [0.25, 0.3) is 0 Å². The molecule has 110 valence electrons. The Balaban J connectivity index is 2.31. The van der Waals surface area contributed by atoms with Crippen molar-refractivity contribution in [3.05, 3.63) is 57.8 Å². The maximum atomic E-state index is 13.8. The number of benzene rings is 2. The summed E-state index contributed by atoms with van der Waals surface area (Å²) in [6.45, 7) is 0. The van der Waals surface area contributed by atoms with Gasteiger partial charge in [-0.15, -0.1) is 0 Å². The molecule has 0 saturated carbocycles. The van der Waals surface area contributed by atoms with Gasteiger partial charge in [0.2, 0.25) is 0 Å². The molecule has 2 aromatic carbocycles. The van der Waals surface area contributed by atoms with E-state index in [1.807, 2.05) is 0 Å². The highest BCUT2D eigenvalue weighted by atomic mass is 79.9. The molecule has 0 radical (unpaired) electrons. The molecule has 2 rings (SSSR count). The van der Waals surface area contributed by atoms with Crippen LogP contribution in [0.4, 0.5) is 4.39 Å². The van der Waals surface area contributed by atoms with Gasteiger partial charge in [0, 0.05) is 10.9 Å². The quantitative estimate of drug-likeness (QED) is 0.762. The van der Waals surface area contributed by atoms with Crippen LogP contribution in [0.5, 0.6) is 11.5 Å². The van der Waals surface area contributed by atoms with Gasteiger partial charge in [-0.25, -0.2) is 4.39 Å². The van der Waals surface area contributed by atoms with Crippen LogP contribution in [0.3, 0.4) is 0 Å². The van der Waals surface area contributed by atoms with Crippen molar-refractivity contribution in [3.63, 3.8) is 0 Å². The lowest BCUT2D eigenvalue weighted by molar-refractivity contribution is 0.0988. The van der Waals surface area contributed by atoms with Crippen LogP contribution in [0.2, 0.25) is 0 Å². The molecule has 0 fully saturated rings. The molecule has 0 spiro atoms. The number of hydrogen-bond acceptors (Lipinski definition) is 3. The van der Waals surface area contributed by atoms with Crippen LogP contribution in [0.15, 0.2) is 40.9 Å². The Morgan fingerprint density at radius 1 is 1.14 bits per heavy atom. The normalized spacial score (nSPS) is 10.3. The van der Waals surface area contributed by atoms with E-state index < -0.39 is 5.82 Å². The van der Waals surface area contributed by atoms with E-state index in [4.69, 9.17) is 9.47 Å². The monoisotopic (exact) mass is 352 g/mol. The van der Waals surface area contributed by atoms with Crippen LogP contribution >= 0.6 is 15.9 Å². The van der Waals surface area contributed by atoms with Crippen molar-refractivity contribution in [1.29, 1.82) is 0 Å². The SMILES string of the molecule is COc1ccc(OC)c(C(=O)Cc2ccc(Br)cc2F)c1. The van der Waals surface area contributed by atoms with E-state index in [9.17, 15) is 9.18 Å². The van der Waals surface area contributed by atoms with Crippen molar-refractivity contribution in [2.45, 2.75) is 6.42 Å². The Labute approximate surface area is 130 Å². The number of rotatable bonds is 5. The van der Waals surface area contributed by atoms with E-state index in [-0.39, 0.29) is 12.2 Å². The standard InChI is InChI=1S/C16H14BrFO3/c1-20-12-5-6-16(21-2)13(9-12)15(19)7-10-3-4-11(17)8-14(10)18/h3-6,8-9H,7H2,1-2H3. The molecule has 3 nitrogen and oxygen atoms in total. The first-order valence-corrected chi connectivity index (χ1v) is 7.03. The van der Waals surface area contributed by atoms with Gasteiger partial charge in [0.1, 0.15) is 17.3 Å². The smallest absolute Gasteiger partial charge is 0.171 e. The van der Waals surface area contributed by atoms with Gasteiger partial charge < -0.3 is 9.47 Å². The Bertz CT molecular complexity index is 671. The zero-order chi connectivity index (χ0) is 15.4. The van der Waals surface area contributed by atoms with Crippen LogP contribution in [0.1, 0.15) is 15.9 Å². The Kier molecular flexibility index (Phi) is 4.96. The van der Waals surface area contributed by atoms with Crippen molar-refractivity contribution < 1.29 is 18.7 Å². The Hall–Kier alpha value is -1.88. The van der Waals surface area contributed by atoms with E-state index in [0.717, 1.165) is 0 Å². The van der Waals surface area contributed by atoms with Crippen LogP contribution < -0.4 is 9.47 Å². The number of carbonyl (C=O) groups excluding carboxylic acids is 1. The first kappa shape index (κ1) is 15.5. The molecular formula is C16H14BrFO3. The maximum absolute atomic E-state index is 13.8. The van der Waals surface area contributed by atoms with Crippen LogP contribution in [0.25, 0.3) is 0 Å². The number of methoxy groups -OCH3 is 2. The van der Waals surface area contributed by atoms with Gasteiger partial charge in [0.15, 0.2) is 5.78 Å². The Morgan fingerprint density at radius 3 is 2.52 bits per heavy atom. The molecule has 5 heteroatoms. The molecule has 0 bridgehead atoms. The molecule has 0 atom stereocenters. The van der Waals surface area contributed by atoms with Crippen molar-refractivity contribution in [2.24, 2.45) is 0 Å². The van der Waals surface area contributed by atoms with Gasteiger partial charge in [-0.3, -0.25) is 4.79 Å². The lowest BCUT2D eigenvalue weighted by Crippen LogP contribution is -2.07. The van der Waals surface area contributed by atoms with E-state index in [2.05, 4.69) is 15.9 Å². The predicted molar refractivity (Wildman–Crippen MR) is 81.7 cm³/mol. The molecule has 0 N–H and O–H groups in total. The largest absolute Gasteiger partial charge is 0.497 e. The number of carbonyl (C=O) groups is 1. The fraction of sp³-hybridized carbons (Fsp3) is 0.188. The van der Waals surface area contributed by atoms with Crippen molar-refractivity contribution in [2.75, 3.05) is 14.2 Å². The summed E-state index contributed by atoms with van der Waals surface area (Å²) >= 11 is 3.19. The van der Waals surface area contributed by atoms with Crippen molar-refractivity contribution >= 4 is 21.7 Å². The van der Waals surface area contributed by atoms with Gasteiger partial charge in [0.05, 0.1) is 19.8 Å². The zero-order valence-electron chi connectivity index (χ0n) is 11.7. The van der Waals surface area contributed by atoms with Gasteiger partial charge in [-0.05, 0) is 35.9 Å². The molecular weight excluding hydrogens is 339 g/mol. The summed E-state index contributed by atoms with van der Waals surface area (Å²) in [4.78, 5) is 12.4. The summed E-state index contributed by atoms with van der Waals surface area (Å²) in [6.07, 6.45) is -0.0390. The third kappa shape index (κ3) is 3.61. The molecule has 0 aliphatic rings. The molecule has 0 saturated heterocycles. The second-order valence-corrected chi connectivity index (χ2v) is 5.32. The first-order chi connectivity index (χ1) is 10.0. The fourth-order valence-electron chi connectivity index (χ4n) is 1.97. The number of ketones is 1. The number of halogens is 2. The molecule has 0 heterocycles. The van der Waals surface area contributed by atoms with E-state index in [1.54, 1.807) is 30.3 Å². The highest BCUT2D eigenvalue weighted by Crippen LogP contribution is 2.26. The minimum absolute atomic E-state index is 0.0390. The van der Waals surface area contributed by atoms with Crippen LogP contribution in [0, 0.1) is 5.82 Å². The first-order valence-electron chi connectivity index (χ1n) is 6.24. The maximum Gasteiger partial charge on any atom is 0.171 e. The molecule has 0 aliphatic carbocycles. The predicted octanol–water partition coefficient (Wildman–Crippen LogP) is 4.03. The van der Waals surface area contributed by atoms with E-state index in [1.165, 1.54) is 20.3 Å². The lowest BCUT2D eigenvalue weighted by Gasteiger charge is -2.10. The van der Waals surface area contributed by atoms with Crippen molar-refractivity contribution in [1.82, 2.24) is 0 Å². The van der Waals surface area contributed by atoms with Crippen molar-refractivity contribution in [3.8, 4) is 11.5 Å². The molecule has 0 aromatic heterocycles. The number of ether oxygens (including phenoxy) is 2. The van der Waals surface area contributed by atoms with Gasteiger partial charge in [-0.2, -0.15) is 0 Å². The molecule has 0 amide bonds. The number of hydrogen-bond donors (Lipinski definition) is 0. The van der Waals surface area contributed by atoms with E-state index in [0.29, 0.717) is 27.1 Å². The molecule has 0 aliphatic heterocycles. The van der Waals surface area contributed by atoms with Gasteiger partial charge >= 0.3 is 0 Å². The minimum Gasteiger partial charge on any atom is -0.497 e. The molecule has 2 aromatic rings. The number of Topliss-reactive ketones (excluding diaryl/α,β-unsaturated/α-hetero) is 1. The highest BCUT2D eigenvalue weighted by Gasteiger charge is 2.16. The molecule has 21 heavy (non-hydrogen) atoms. The fourth-order valence-corrected chi connectivity index (χ4v) is 2.30. The topological polar surface area (TPSA) is 35.5 Å². The lowest BCUT2D eigenvalue weighted by atomic mass is 10.0. The average Bonchev–Trinajstić information content (AvgIpc) is 2.49. The highest BCUT2D eigenvalue weighted by molar-refractivity contribution is 9.10. The second kappa shape index (κ2) is 6.72. The summed E-state index contributed by atoms with van der Waals surface area (Å²) in [7, 11) is 3.00. The summed E-state index contributed by atoms with van der Waals surface area (Å²) in [5, 5.41) is 0. The molecule has 0 unspecified atom stereocenters. The van der Waals surface area contributed by atoms with Gasteiger partial charge in [-0.1, -0.05) is 22.0 Å². The third-order valence-electron chi connectivity index (χ3n) is 3.07. The average molecular weight is 353 g/mol. The minimum atomic E-state index is -0.417. The van der Waals surface area contributed by atoms with Crippen LogP contribution in [-0.4, -0.2) is 20.0 Å². The third-order valence-corrected chi connectivity index (χ3v) is 3.57. The summed E-state index contributed by atoms with van der Waals surface area (Å²) in [6, 6.07) is 9.58.